The highest BCUT2D eigenvalue weighted by atomic mass is 19.1. The number of halogens is 1. The van der Waals surface area contributed by atoms with Crippen LogP contribution in [0.25, 0.3) is 0 Å². The minimum absolute atomic E-state index is 0.183. The molecular weight excluding hydrogens is 441 g/mol. The first-order valence-electron chi connectivity index (χ1n) is 11.6. The zero-order valence-corrected chi connectivity index (χ0v) is 18.3. The number of aromatic hydroxyl groups is 2. The van der Waals surface area contributed by atoms with E-state index in [1.165, 1.54) is 35.2 Å². The highest BCUT2D eigenvalue weighted by Gasteiger charge is 2.71. The Morgan fingerprint density at radius 2 is 1.76 bits per heavy atom. The fourth-order valence-electron chi connectivity index (χ4n) is 6.44. The number of benzene rings is 2. The molecule has 0 unspecified atom stereocenters. The van der Waals surface area contributed by atoms with Crippen LogP contribution in [0.5, 0.6) is 11.5 Å². The summed E-state index contributed by atoms with van der Waals surface area (Å²) >= 11 is 0. The van der Waals surface area contributed by atoms with Crippen molar-refractivity contribution in [3.63, 3.8) is 0 Å². The molecular formula is C25H24FN3O5. The molecule has 176 valence electrons. The lowest BCUT2D eigenvalue weighted by molar-refractivity contribution is -0.145. The summed E-state index contributed by atoms with van der Waals surface area (Å²) in [5.41, 5.74) is -0.189. The van der Waals surface area contributed by atoms with E-state index in [2.05, 4.69) is 10.6 Å². The molecule has 6 rings (SSSR count). The van der Waals surface area contributed by atoms with Gasteiger partial charge in [0.15, 0.2) is 11.5 Å². The van der Waals surface area contributed by atoms with Crippen LogP contribution in [0.4, 0.5) is 10.1 Å². The molecule has 1 aliphatic carbocycles. The van der Waals surface area contributed by atoms with Crippen molar-refractivity contribution < 1.29 is 29.0 Å². The monoisotopic (exact) mass is 465 g/mol. The number of carbonyl (C=O) groups excluding carboxylic acids is 3. The van der Waals surface area contributed by atoms with E-state index in [0.29, 0.717) is 16.8 Å². The lowest BCUT2D eigenvalue weighted by Gasteiger charge is -2.31. The predicted octanol–water partition coefficient (Wildman–Crippen LogP) is 2.14. The number of hydrogen-bond donors (Lipinski definition) is 4. The quantitative estimate of drug-likeness (QED) is 0.408. The van der Waals surface area contributed by atoms with Gasteiger partial charge in [-0.25, -0.2) is 4.39 Å². The number of carbonyl (C=O) groups is 3. The molecule has 34 heavy (non-hydrogen) atoms. The highest BCUT2D eigenvalue weighted by molar-refractivity contribution is 6.15. The van der Waals surface area contributed by atoms with E-state index in [4.69, 9.17) is 0 Å². The standard InChI is InChI=1S/C25H24FN3O5/c26-13-6-7-16-15(11-13)25(24(34)27-16)21-20(22(32)29(23(21)33)14-3-1-2-4-14)17(28-25)9-12-5-8-18(30)19(31)10-12/h5-8,10-11,14,17,20-21,28,30-31H,1-4,9H2,(H,27,34)/t17-,20+,21-,25-/m0/s1. The molecule has 3 fully saturated rings. The second kappa shape index (κ2) is 7.27. The van der Waals surface area contributed by atoms with Crippen molar-refractivity contribution in [2.45, 2.75) is 49.7 Å². The molecule has 0 radical (unpaired) electrons. The van der Waals surface area contributed by atoms with E-state index in [1.807, 2.05) is 0 Å². The molecule has 1 spiro atoms. The molecule has 3 amide bonds. The molecule has 2 aromatic carbocycles. The molecule has 0 aromatic heterocycles. The van der Waals surface area contributed by atoms with E-state index in [1.54, 1.807) is 6.07 Å². The number of phenols is 2. The number of fused-ring (bicyclic) bond motifs is 4. The van der Waals surface area contributed by atoms with E-state index < -0.39 is 41.0 Å². The van der Waals surface area contributed by atoms with Gasteiger partial charge in [-0.1, -0.05) is 18.9 Å². The highest BCUT2D eigenvalue weighted by Crippen LogP contribution is 2.54. The second-order valence-electron chi connectivity index (χ2n) is 9.72. The molecule has 4 aliphatic rings. The minimum Gasteiger partial charge on any atom is -0.504 e. The smallest absolute Gasteiger partial charge is 0.250 e. The van der Waals surface area contributed by atoms with Crippen molar-refractivity contribution in [1.82, 2.24) is 10.2 Å². The van der Waals surface area contributed by atoms with E-state index in [9.17, 15) is 29.0 Å². The predicted molar refractivity (Wildman–Crippen MR) is 118 cm³/mol. The van der Waals surface area contributed by atoms with Crippen LogP contribution < -0.4 is 10.6 Å². The molecule has 3 aliphatic heterocycles. The number of phenolic OH excluding ortho intramolecular Hbond substituents is 2. The molecule has 2 aromatic rings. The Balaban J connectivity index is 1.47. The zero-order valence-electron chi connectivity index (χ0n) is 18.3. The fourth-order valence-corrected chi connectivity index (χ4v) is 6.44. The number of likely N-dealkylation sites (tertiary alicyclic amines) is 1. The maximum atomic E-state index is 14.3. The van der Waals surface area contributed by atoms with Gasteiger partial charge in [0, 0.05) is 23.3 Å². The third-order valence-corrected chi connectivity index (χ3v) is 7.90. The van der Waals surface area contributed by atoms with Crippen molar-refractivity contribution >= 4 is 23.4 Å². The van der Waals surface area contributed by atoms with Gasteiger partial charge in [0.2, 0.25) is 17.7 Å². The Hall–Kier alpha value is -3.46. The Labute approximate surface area is 194 Å². The summed E-state index contributed by atoms with van der Waals surface area (Å²) in [6.07, 6.45) is 3.58. The average Bonchev–Trinajstić information content (AvgIpc) is 3.54. The molecule has 8 nitrogen and oxygen atoms in total. The van der Waals surface area contributed by atoms with Crippen LogP contribution in [0.3, 0.4) is 0 Å². The number of amides is 3. The average molecular weight is 465 g/mol. The van der Waals surface area contributed by atoms with Gasteiger partial charge in [0.25, 0.3) is 0 Å². The van der Waals surface area contributed by atoms with Crippen LogP contribution in [0.1, 0.15) is 36.8 Å². The van der Waals surface area contributed by atoms with Gasteiger partial charge in [-0.15, -0.1) is 0 Å². The number of imide groups is 1. The Bertz CT molecular complexity index is 1240. The maximum absolute atomic E-state index is 14.3. The number of nitrogens with one attached hydrogen (secondary N) is 2. The van der Waals surface area contributed by atoms with Crippen molar-refractivity contribution in [1.29, 1.82) is 0 Å². The number of nitrogens with zero attached hydrogens (tertiary/aromatic N) is 1. The third kappa shape index (κ3) is 2.76. The lowest BCUT2D eigenvalue weighted by atomic mass is 9.76. The van der Waals surface area contributed by atoms with Crippen LogP contribution in [0.2, 0.25) is 0 Å². The van der Waals surface area contributed by atoms with Crippen molar-refractivity contribution in [3.05, 3.63) is 53.3 Å². The first kappa shape index (κ1) is 21.1. The van der Waals surface area contributed by atoms with Gasteiger partial charge in [-0.3, -0.25) is 24.6 Å². The summed E-state index contributed by atoms with van der Waals surface area (Å²) in [5, 5.41) is 25.6. The fraction of sp³-hybridized carbons (Fsp3) is 0.400. The molecule has 0 bridgehead atoms. The van der Waals surface area contributed by atoms with Crippen molar-refractivity contribution in [3.8, 4) is 11.5 Å². The first-order chi connectivity index (χ1) is 16.3. The topological polar surface area (TPSA) is 119 Å². The molecule has 2 saturated heterocycles. The van der Waals surface area contributed by atoms with Gasteiger partial charge in [-0.2, -0.15) is 0 Å². The summed E-state index contributed by atoms with van der Waals surface area (Å²) in [6.45, 7) is 0. The lowest BCUT2D eigenvalue weighted by Crippen LogP contribution is -2.54. The minimum atomic E-state index is -1.56. The number of hydrogen-bond acceptors (Lipinski definition) is 6. The van der Waals surface area contributed by atoms with Crippen molar-refractivity contribution in [2.24, 2.45) is 11.8 Å². The van der Waals surface area contributed by atoms with Gasteiger partial charge >= 0.3 is 0 Å². The zero-order chi connectivity index (χ0) is 23.8. The summed E-state index contributed by atoms with van der Waals surface area (Å²) in [6, 6.07) is 7.54. The van der Waals surface area contributed by atoms with Crippen LogP contribution in [-0.2, 0) is 26.3 Å². The maximum Gasteiger partial charge on any atom is 0.250 e. The summed E-state index contributed by atoms with van der Waals surface area (Å²) in [5.74, 6) is -4.10. The third-order valence-electron chi connectivity index (χ3n) is 7.90. The molecule has 4 atom stereocenters. The molecule has 9 heteroatoms. The molecule has 4 N–H and O–H groups in total. The normalized spacial score (nSPS) is 30.3. The second-order valence-corrected chi connectivity index (χ2v) is 9.72. The van der Waals surface area contributed by atoms with Crippen LogP contribution in [0.15, 0.2) is 36.4 Å². The van der Waals surface area contributed by atoms with Crippen LogP contribution >= 0.6 is 0 Å². The Morgan fingerprint density at radius 3 is 2.50 bits per heavy atom. The van der Waals surface area contributed by atoms with Gasteiger partial charge in [-0.05, 0) is 55.2 Å². The van der Waals surface area contributed by atoms with Crippen LogP contribution in [-0.4, -0.2) is 44.9 Å². The first-order valence-corrected chi connectivity index (χ1v) is 11.6. The summed E-state index contributed by atoms with van der Waals surface area (Å²) in [4.78, 5) is 42.3. The Morgan fingerprint density at radius 1 is 1.00 bits per heavy atom. The van der Waals surface area contributed by atoms with Gasteiger partial charge < -0.3 is 15.5 Å². The summed E-state index contributed by atoms with van der Waals surface area (Å²) in [7, 11) is 0. The van der Waals surface area contributed by atoms with E-state index in [-0.39, 0.29) is 29.9 Å². The number of rotatable bonds is 3. The van der Waals surface area contributed by atoms with Crippen molar-refractivity contribution in [2.75, 3.05) is 5.32 Å². The van der Waals surface area contributed by atoms with E-state index >= 15 is 0 Å². The summed E-state index contributed by atoms with van der Waals surface area (Å²) < 4.78 is 14.3. The molecule has 3 heterocycles. The number of anilines is 1. The van der Waals surface area contributed by atoms with Gasteiger partial charge in [0.05, 0.1) is 11.8 Å². The largest absolute Gasteiger partial charge is 0.504 e. The Kier molecular flexibility index (Phi) is 4.51. The molecule has 1 saturated carbocycles. The van der Waals surface area contributed by atoms with Crippen LogP contribution in [0, 0.1) is 17.7 Å². The van der Waals surface area contributed by atoms with E-state index in [0.717, 1.165) is 25.7 Å². The van der Waals surface area contributed by atoms with Gasteiger partial charge in [0.1, 0.15) is 11.4 Å². The SMILES string of the molecule is O=C1[C@@H]2[C@H](Cc3ccc(O)c(O)c3)N[C@]3(C(=O)Nc4ccc(F)cc43)[C@@H]2C(=O)N1C1CCCC1.